The summed E-state index contributed by atoms with van der Waals surface area (Å²) in [5, 5.41) is 12.2. The maximum Gasteiger partial charge on any atom is 0.253 e. The zero-order valence-electron chi connectivity index (χ0n) is 18.9. The van der Waals surface area contributed by atoms with E-state index in [0.29, 0.717) is 17.9 Å². The smallest absolute Gasteiger partial charge is 0.253 e. The summed E-state index contributed by atoms with van der Waals surface area (Å²) in [6.07, 6.45) is 6.97. The number of carbonyl (C=O) groups excluding carboxylic acids is 1. The van der Waals surface area contributed by atoms with Gasteiger partial charge in [-0.1, -0.05) is 18.2 Å². The third-order valence-electron chi connectivity index (χ3n) is 5.44. The molecule has 34 heavy (non-hydrogen) atoms. The zero-order chi connectivity index (χ0) is 23.5. The molecule has 4 aromatic heterocycles. The molecule has 0 unspecified atom stereocenters. The Hall–Kier alpha value is -4.59. The number of rotatable bonds is 6. The van der Waals surface area contributed by atoms with E-state index in [1.807, 2.05) is 73.3 Å². The third-order valence-corrected chi connectivity index (χ3v) is 5.44. The lowest BCUT2D eigenvalue weighted by Crippen LogP contribution is -2.23. The number of amides is 1. The van der Waals surface area contributed by atoms with E-state index >= 15 is 0 Å². The maximum atomic E-state index is 12.9. The molecule has 0 fully saturated rings. The minimum absolute atomic E-state index is 0.208. The fraction of sp³-hybridized carbons (Fsp3) is 0.115. The van der Waals surface area contributed by atoms with Crippen LogP contribution in [0, 0.1) is 13.8 Å². The highest BCUT2D eigenvalue weighted by Gasteiger charge is 2.15. The molecule has 0 aliphatic heterocycles. The number of aryl methyl sites for hydroxylation is 2. The minimum atomic E-state index is -0.208. The van der Waals surface area contributed by atoms with Crippen molar-refractivity contribution in [3.8, 4) is 22.8 Å². The van der Waals surface area contributed by atoms with Crippen molar-refractivity contribution in [2.75, 3.05) is 0 Å². The van der Waals surface area contributed by atoms with Gasteiger partial charge in [0.2, 0.25) is 0 Å². The molecule has 5 rings (SSSR count). The highest BCUT2D eigenvalue weighted by Crippen LogP contribution is 2.23. The first-order chi connectivity index (χ1) is 16.6. The van der Waals surface area contributed by atoms with E-state index in [1.165, 1.54) is 0 Å². The number of nitrogens with one attached hydrogen (secondary N) is 1. The van der Waals surface area contributed by atoms with E-state index in [0.717, 1.165) is 33.9 Å². The summed E-state index contributed by atoms with van der Waals surface area (Å²) in [5.74, 6) is 0.465. The van der Waals surface area contributed by atoms with Crippen LogP contribution in [0.5, 0.6) is 0 Å². The van der Waals surface area contributed by atoms with Gasteiger partial charge < -0.3 is 5.32 Å². The Bertz CT molecular complexity index is 1420. The number of pyridine rings is 2. The first-order valence-electron chi connectivity index (χ1n) is 10.9. The van der Waals surface area contributed by atoms with Gasteiger partial charge in [-0.25, -0.2) is 14.3 Å². The average Bonchev–Trinajstić information content (AvgIpc) is 3.46. The van der Waals surface area contributed by atoms with Crippen molar-refractivity contribution in [1.82, 2.24) is 34.8 Å². The zero-order valence-corrected chi connectivity index (χ0v) is 18.9. The fourth-order valence-electron chi connectivity index (χ4n) is 3.79. The van der Waals surface area contributed by atoms with Gasteiger partial charge in [0.1, 0.15) is 0 Å². The lowest BCUT2D eigenvalue weighted by Gasteiger charge is -2.07. The van der Waals surface area contributed by atoms with Crippen LogP contribution in [0.15, 0.2) is 85.5 Å². The molecule has 0 saturated carbocycles. The van der Waals surface area contributed by atoms with Crippen molar-refractivity contribution in [3.05, 3.63) is 108 Å². The Kier molecular flexibility index (Phi) is 5.70. The quantitative estimate of drug-likeness (QED) is 0.422. The Labute approximate surface area is 196 Å². The minimum Gasteiger partial charge on any atom is -0.348 e. The maximum absolute atomic E-state index is 12.9. The molecule has 1 amide bonds. The fourth-order valence-corrected chi connectivity index (χ4v) is 3.79. The van der Waals surface area contributed by atoms with Gasteiger partial charge >= 0.3 is 0 Å². The first kappa shape index (κ1) is 21.3. The first-order valence-corrected chi connectivity index (χ1v) is 10.9. The summed E-state index contributed by atoms with van der Waals surface area (Å²) in [5.41, 5.74) is 5.96. The van der Waals surface area contributed by atoms with Gasteiger partial charge in [0.15, 0.2) is 5.82 Å². The highest BCUT2D eigenvalue weighted by atomic mass is 16.1. The summed E-state index contributed by atoms with van der Waals surface area (Å²) < 4.78 is 3.58. The van der Waals surface area contributed by atoms with E-state index in [4.69, 9.17) is 5.10 Å². The summed E-state index contributed by atoms with van der Waals surface area (Å²) >= 11 is 0. The van der Waals surface area contributed by atoms with Crippen molar-refractivity contribution in [1.29, 1.82) is 0 Å². The predicted molar refractivity (Wildman–Crippen MR) is 129 cm³/mol. The van der Waals surface area contributed by atoms with E-state index in [2.05, 4.69) is 20.4 Å². The Morgan fingerprint density at radius 2 is 1.76 bits per heavy atom. The normalized spacial score (nSPS) is 10.9. The summed E-state index contributed by atoms with van der Waals surface area (Å²) in [4.78, 5) is 21.4. The van der Waals surface area contributed by atoms with Crippen LogP contribution in [-0.4, -0.2) is 35.4 Å². The Morgan fingerprint density at radius 3 is 2.44 bits per heavy atom. The third kappa shape index (κ3) is 4.33. The van der Waals surface area contributed by atoms with Crippen LogP contribution in [0.1, 0.15) is 27.3 Å². The van der Waals surface area contributed by atoms with Crippen molar-refractivity contribution >= 4 is 5.91 Å². The second-order valence-corrected chi connectivity index (χ2v) is 7.95. The van der Waals surface area contributed by atoms with Gasteiger partial charge in [0.05, 0.1) is 22.6 Å². The number of carbonyl (C=O) groups is 1. The number of aromatic nitrogens is 6. The van der Waals surface area contributed by atoms with Gasteiger partial charge in [-0.2, -0.15) is 10.2 Å². The SMILES string of the molecule is Cc1cc(C)n(-c2ccc(C(=O)NCc3cn(-c4ccccc4)nc3-c3ccncc3)cn2)n1. The summed E-state index contributed by atoms with van der Waals surface area (Å²) in [6.45, 7) is 4.23. The van der Waals surface area contributed by atoms with Crippen molar-refractivity contribution in [3.63, 3.8) is 0 Å². The predicted octanol–water partition coefficient (Wildman–Crippen LogP) is 4.06. The molecule has 1 aromatic carbocycles. The standard InChI is InChI=1S/C26H23N7O/c1-18-14-19(2)33(30-18)24-9-8-21(15-28-24)26(34)29-16-22-17-32(23-6-4-3-5-7-23)31-25(22)20-10-12-27-13-11-20/h3-15,17H,16H2,1-2H3,(H,29,34). The van der Waals surface area contributed by atoms with Crippen molar-refractivity contribution < 1.29 is 4.79 Å². The van der Waals surface area contributed by atoms with E-state index < -0.39 is 0 Å². The van der Waals surface area contributed by atoms with Gasteiger partial charge in [-0.05, 0) is 56.3 Å². The van der Waals surface area contributed by atoms with Crippen molar-refractivity contribution in [2.24, 2.45) is 0 Å². The number of hydrogen-bond acceptors (Lipinski definition) is 5. The van der Waals surface area contributed by atoms with Crippen LogP contribution in [0.25, 0.3) is 22.8 Å². The van der Waals surface area contributed by atoms with E-state index in [1.54, 1.807) is 35.4 Å². The molecule has 0 aliphatic carbocycles. The molecule has 0 bridgehead atoms. The van der Waals surface area contributed by atoms with Crippen LogP contribution in [-0.2, 0) is 6.54 Å². The molecule has 8 nitrogen and oxygen atoms in total. The molecule has 1 N–H and O–H groups in total. The van der Waals surface area contributed by atoms with Gasteiger partial charge in [0.25, 0.3) is 5.91 Å². The van der Waals surface area contributed by atoms with Crippen LogP contribution in [0.3, 0.4) is 0 Å². The molecule has 4 heterocycles. The van der Waals surface area contributed by atoms with Crippen LogP contribution in [0.2, 0.25) is 0 Å². The van der Waals surface area contributed by atoms with Crippen LogP contribution >= 0.6 is 0 Å². The second kappa shape index (κ2) is 9.11. The van der Waals surface area contributed by atoms with E-state index in [-0.39, 0.29) is 5.91 Å². The second-order valence-electron chi connectivity index (χ2n) is 7.95. The Morgan fingerprint density at radius 1 is 0.971 bits per heavy atom. The summed E-state index contributed by atoms with van der Waals surface area (Å²) in [6, 6.07) is 19.2. The molecule has 0 radical (unpaired) electrons. The Balaban J connectivity index is 1.36. The highest BCUT2D eigenvalue weighted by molar-refractivity contribution is 5.94. The van der Waals surface area contributed by atoms with Crippen molar-refractivity contribution in [2.45, 2.75) is 20.4 Å². The van der Waals surface area contributed by atoms with Gasteiger partial charge in [-0.15, -0.1) is 0 Å². The summed E-state index contributed by atoms with van der Waals surface area (Å²) in [7, 11) is 0. The number of nitrogens with zero attached hydrogens (tertiary/aromatic N) is 6. The lowest BCUT2D eigenvalue weighted by molar-refractivity contribution is 0.0950. The van der Waals surface area contributed by atoms with Crippen LogP contribution < -0.4 is 5.32 Å². The lowest BCUT2D eigenvalue weighted by atomic mass is 10.1. The molecular weight excluding hydrogens is 426 g/mol. The molecule has 0 spiro atoms. The molecule has 8 heteroatoms. The molecule has 168 valence electrons. The average molecular weight is 450 g/mol. The monoisotopic (exact) mass is 449 g/mol. The topological polar surface area (TPSA) is 90.5 Å². The number of para-hydroxylation sites is 1. The van der Waals surface area contributed by atoms with Gasteiger partial charge in [-0.3, -0.25) is 9.78 Å². The largest absolute Gasteiger partial charge is 0.348 e. The number of hydrogen-bond donors (Lipinski definition) is 1. The number of benzene rings is 1. The molecule has 0 saturated heterocycles. The van der Waals surface area contributed by atoms with Crippen LogP contribution in [0.4, 0.5) is 0 Å². The molecular formula is C26H23N7O. The van der Waals surface area contributed by atoms with E-state index in [9.17, 15) is 4.79 Å². The molecule has 5 aromatic rings. The molecule has 0 atom stereocenters. The molecule has 0 aliphatic rings. The van der Waals surface area contributed by atoms with Gasteiger partial charge in [0, 0.05) is 48.2 Å².